The van der Waals surface area contributed by atoms with Gasteiger partial charge >= 0.3 is 0 Å². The van der Waals surface area contributed by atoms with Crippen LogP contribution in [0.15, 0.2) is 30.3 Å². The van der Waals surface area contributed by atoms with Crippen LogP contribution in [0.4, 0.5) is 5.69 Å². The van der Waals surface area contributed by atoms with Gasteiger partial charge in [-0.15, -0.1) is 0 Å². The molecule has 1 heterocycles. The number of anilines is 1. The van der Waals surface area contributed by atoms with E-state index in [1.165, 1.54) is 4.90 Å². The summed E-state index contributed by atoms with van der Waals surface area (Å²) in [5, 5.41) is 8.92. The van der Waals surface area contributed by atoms with Crippen LogP contribution in [0.1, 0.15) is 12.8 Å². The van der Waals surface area contributed by atoms with Crippen LogP contribution in [-0.4, -0.2) is 43.3 Å². The first-order valence-electron chi connectivity index (χ1n) is 7.14. The number of benzene rings is 1. The van der Waals surface area contributed by atoms with Crippen LogP contribution in [-0.2, 0) is 9.59 Å². The van der Waals surface area contributed by atoms with Gasteiger partial charge in [-0.2, -0.15) is 5.26 Å². The van der Waals surface area contributed by atoms with Gasteiger partial charge in [-0.25, -0.2) is 0 Å². The van der Waals surface area contributed by atoms with E-state index in [2.05, 4.69) is 4.90 Å². The molecule has 2 rings (SSSR count). The summed E-state index contributed by atoms with van der Waals surface area (Å²) in [6, 6.07) is 11.3. The number of para-hydroxylation sites is 1. The zero-order valence-corrected chi connectivity index (χ0v) is 11.9. The molecule has 1 saturated heterocycles. The molecule has 5 nitrogen and oxygen atoms in total. The van der Waals surface area contributed by atoms with Crippen LogP contribution in [0.2, 0.25) is 0 Å². The van der Waals surface area contributed by atoms with E-state index in [0.717, 1.165) is 37.9 Å². The Kier molecular flexibility index (Phi) is 5.47. The maximum Gasteiger partial charge on any atom is 0.242 e. The van der Waals surface area contributed by atoms with Crippen LogP contribution in [0.3, 0.4) is 0 Å². The zero-order chi connectivity index (χ0) is 15.1. The standard InChI is InChI=1S/C16H19N3O2/c17-8-11-19(15-4-2-1-3-5-15)16(21)12-18-9-6-14(13-20)7-10-18/h1-5,13-14H,6-7,9-12H2. The van der Waals surface area contributed by atoms with Crippen molar-refractivity contribution in [3.05, 3.63) is 30.3 Å². The molecule has 1 amide bonds. The van der Waals surface area contributed by atoms with Gasteiger partial charge in [0, 0.05) is 11.6 Å². The molecule has 0 unspecified atom stereocenters. The fourth-order valence-electron chi connectivity index (χ4n) is 2.53. The fraction of sp³-hybridized carbons (Fsp3) is 0.438. The quantitative estimate of drug-likeness (QED) is 0.607. The Morgan fingerprint density at radius 2 is 2.00 bits per heavy atom. The van der Waals surface area contributed by atoms with Crippen molar-refractivity contribution in [3.8, 4) is 6.07 Å². The molecule has 0 saturated carbocycles. The number of carbonyl (C=O) groups is 2. The molecule has 1 aliphatic rings. The number of hydrogen-bond donors (Lipinski definition) is 0. The lowest BCUT2D eigenvalue weighted by Crippen LogP contribution is -2.44. The van der Waals surface area contributed by atoms with Crippen molar-refractivity contribution in [2.75, 3.05) is 31.1 Å². The lowest BCUT2D eigenvalue weighted by atomic mass is 9.99. The highest BCUT2D eigenvalue weighted by atomic mass is 16.2. The van der Waals surface area contributed by atoms with E-state index >= 15 is 0 Å². The minimum absolute atomic E-state index is 0.0493. The van der Waals surface area contributed by atoms with Gasteiger partial charge in [0.25, 0.3) is 0 Å². The third kappa shape index (κ3) is 4.14. The Balaban J connectivity index is 1.97. The molecule has 5 heteroatoms. The van der Waals surface area contributed by atoms with Gasteiger partial charge in [0.1, 0.15) is 12.8 Å². The fourth-order valence-corrected chi connectivity index (χ4v) is 2.53. The minimum atomic E-state index is -0.0766. The Morgan fingerprint density at radius 3 is 2.57 bits per heavy atom. The smallest absolute Gasteiger partial charge is 0.242 e. The molecule has 0 spiro atoms. The summed E-state index contributed by atoms with van der Waals surface area (Å²) in [5.41, 5.74) is 0.742. The van der Waals surface area contributed by atoms with Crippen molar-refractivity contribution in [2.24, 2.45) is 5.92 Å². The molecule has 1 fully saturated rings. The first-order valence-corrected chi connectivity index (χ1v) is 7.14. The highest BCUT2D eigenvalue weighted by Gasteiger charge is 2.23. The Bertz CT molecular complexity index is 516. The van der Waals surface area contributed by atoms with Crippen molar-refractivity contribution < 1.29 is 9.59 Å². The highest BCUT2D eigenvalue weighted by molar-refractivity contribution is 5.95. The van der Waals surface area contributed by atoms with Crippen LogP contribution in [0.5, 0.6) is 0 Å². The second-order valence-electron chi connectivity index (χ2n) is 5.22. The van der Waals surface area contributed by atoms with Gasteiger partial charge in [-0.3, -0.25) is 14.6 Å². The molecule has 1 aliphatic heterocycles. The maximum atomic E-state index is 12.4. The van der Waals surface area contributed by atoms with Crippen molar-refractivity contribution in [1.82, 2.24) is 4.90 Å². The summed E-state index contributed by atoms with van der Waals surface area (Å²) < 4.78 is 0. The maximum absolute atomic E-state index is 12.4. The molecule has 0 aliphatic carbocycles. The van der Waals surface area contributed by atoms with E-state index in [1.54, 1.807) is 0 Å². The number of carbonyl (C=O) groups excluding carboxylic acids is 2. The Hall–Kier alpha value is -2.19. The molecule has 110 valence electrons. The van der Waals surface area contributed by atoms with E-state index in [1.807, 2.05) is 36.4 Å². The van der Waals surface area contributed by atoms with Gasteiger partial charge in [0.15, 0.2) is 0 Å². The third-order valence-corrected chi connectivity index (χ3v) is 3.78. The molecular formula is C16H19N3O2. The van der Waals surface area contributed by atoms with Crippen molar-refractivity contribution in [2.45, 2.75) is 12.8 Å². The number of piperidine rings is 1. The number of nitriles is 1. The Labute approximate surface area is 124 Å². The summed E-state index contributed by atoms with van der Waals surface area (Å²) in [6.07, 6.45) is 2.62. The van der Waals surface area contributed by atoms with Gasteiger partial charge in [-0.05, 0) is 38.1 Å². The van der Waals surface area contributed by atoms with E-state index in [4.69, 9.17) is 5.26 Å². The van der Waals surface area contributed by atoms with E-state index in [9.17, 15) is 9.59 Å². The molecule has 1 aromatic carbocycles. The molecule has 0 aromatic heterocycles. The average molecular weight is 285 g/mol. The van der Waals surface area contributed by atoms with Crippen LogP contribution >= 0.6 is 0 Å². The average Bonchev–Trinajstić information content (AvgIpc) is 2.54. The summed E-state index contributed by atoms with van der Waals surface area (Å²) in [4.78, 5) is 26.7. The molecule has 21 heavy (non-hydrogen) atoms. The number of hydrogen-bond acceptors (Lipinski definition) is 4. The van der Waals surface area contributed by atoms with Crippen LogP contribution in [0, 0.1) is 17.2 Å². The number of rotatable bonds is 5. The Morgan fingerprint density at radius 1 is 1.33 bits per heavy atom. The SMILES string of the molecule is N#CCN(C(=O)CN1CCC(C=O)CC1)c1ccccc1. The molecule has 0 atom stereocenters. The number of amides is 1. The second kappa shape index (κ2) is 7.55. The summed E-state index contributed by atoms with van der Waals surface area (Å²) in [7, 11) is 0. The second-order valence-corrected chi connectivity index (χ2v) is 5.22. The zero-order valence-electron chi connectivity index (χ0n) is 11.9. The molecule has 1 aromatic rings. The number of likely N-dealkylation sites (tertiary alicyclic amines) is 1. The van der Waals surface area contributed by atoms with Crippen molar-refractivity contribution in [3.63, 3.8) is 0 Å². The van der Waals surface area contributed by atoms with E-state index in [-0.39, 0.29) is 18.4 Å². The van der Waals surface area contributed by atoms with Gasteiger partial charge in [0.2, 0.25) is 5.91 Å². The predicted octanol–water partition coefficient (Wildman–Crippen LogP) is 1.45. The van der Waals surface area contributed by atoms with Crippen LogP contribution in [0.25, 0.3) is 0 Å². The van der Waals surface area contributed by atoms with E-state index < -0.39 is 0 Å². The van der Waals surface area contributed by atoms with Crippen LogP contribution < -0.4 is 4.90 Å². The van der Waals surface area contributed by atoms with Gasteiger partial charge < -0.3 is 4.79 Å². The normalized spacial score (nSPS) is 16.1. The topological polar surface area (TPSA) is 64.4 Å². The molecule has 0 radical (unpaired) electrons. The van der Waals surface area contributed by atoms with E-state index in [0.29, 0.717) is 6.54 Å². The number of nitrogens with zero attached hydrogens (tertiary/aromatic N) is 3. The largest absolute Gasteiger partial charge is 0.303 e. The first-order chi connectivity index (χ1) is 10.2. The lowest BCUT2D eigenvalue weighted by molar-refractivity contribution is -0.120. The highest BCUT2D eigenvalue weighted by Crippen LogP contribution is 2.17. The molecular weight excluding hydrogens is 266 g/mol. The third-order valence-electron chi connectivity index (χ3n) is 3.78. The minimum Gasteiger partial charge on any atom is -0.303 e. The first kappa shape index (κ1) is 15.2. The van der Waals surface area contributed by atoms with Gasteiger partial charge in [0.05, 0.1) is 12.6 Å². The lowest BCUT2D eigenvalue weighted by Gasteiger charge is -2.30. The monoisotopic (exact) mass is 285 g/mol. The van der Waals surface area contributed by atoms with Crippen molar-refractivity contribution in [1.29, 1.82) is 5.26 Å². The van der Waals surface area contributed by atoms with Gasteiger partial charge in [-0.1, -0.05) is 18.2 Å². The summed E-state index contributed by atoms with van der Waals surface area (Å²) >= 11 is 0. The number of aldehydes is 1. The summed E-state index contributed by atoms with van der Waals surface area (Å²) in [5.74, 6) is 0.0491. The predicted molar refractivity (Wildman–Crippen MR) is 79.6 cm³/mol. The molecule has 0 N–H and O–H groups in total. The summed E-state index contributed by atoms with van der Waals surface area (Å²) in [6.45, 7) is 1.85. The molecule has 0 bridgehead atoms. The van der Waals surface area contributed by atoms with Crippen molar-refractivity contribution >= 4 is 17.9 Å².